The Hall–Kier alpha value is -2.40. The summed E-state index contributed by atoms with van der Waals surface area (Å²) >= 11 is 0. The second-order valence-electron chi connectivity index (χ2n) is 5.82. The zero-order valence-electron chi connectivity index (χ0n) is 13.1. The van der Waals surface area contributed by atoms with E-state index in [-0.39, 0.29) is 18.6 Å². The molecule has 1 aromatic heterocycles. The van der Waals surface area contributed by atoms with Gasteiger partial charge in [-0.05, 0) is 49.4 Å². The van der Waals surface area contributed by atoms with Gasteiger partial charge in [0, 0.05) is 23.5 Å². The number of nitrogens with zero attached hydrogens (tertiary/aromatic N) is 1. The van der Waals surface area contributed by atoms with Crippen LogP contribution in [0.3, 0.4) is 0 Å². The topological polar surface area (TPSA) is 71.5 Å². The predicted octanol–water partition coefficient (Wildman–Crippen LogP) is 3.07. The number of nitrogens with one attached hydrogen (secondary N) is 1. The molecule has 23 heavy (non-hydrogen) atoms. The minimum Gasteiger partial charge on any atom is -0.474 e. The first kappa shape index (κ1) is 15.5. The van der Waals surface area contributed by atoms with E-state index in [1.54, 1.807) is 24.4 Å². The van der Waals surface area contributed by atoms with Crippen molar-refractivity contribution in [3.05, 3.63) is 53.2 Å². The number of rotatable bonds is 5. The van der Waals surface area contributed by atoms with Crippen molar-refractivity contribution < 1.29 is 14.6 Å². The highest BCUT2D eigenvalue weighted by Crippen LogP contribution is 2.24. The summed E-state index contributed by atoms with van der Waals surface area (Å²) in [6.07, 6.45) is 5.09. The minimum atomic E-state index is -0.218. The number of aliphatic hydroxyl groups excluding tert-OH is 1. The summed E-state index contributed by atoms with van der Waals surface area (Å²) in [5, 5.41) is 12.1. The largest absolute Gasteiger partial charge is 0.474 e. The molecular weight excluding hydrogens is 292 g/mol. The van der Waals surface area contributed by atoms with Crippen LogP contribution in [-0.4, -0.2) is 22.1 Å². The van der Waals surface area contributed by atoms with Gasteiger partial charge in [-0.25, -0.2) is 4.98 Å². The second kappa shape index (κ2) is 6.79. The van der Waals surface area contributed by atoms with E-state index >= 15 is 0 Å². The highest BCUT2D eigenvalue weighted by Gasteiger charge is 2.20. The SMILES string of the molecule is Cc1ccc(CO)cc1NC(=O)c1ccnc(OC2CCC2)c1. The Morgan fingerprint density at radius 1 is 1.35 bits per heavy atom. The van der Waals surface area contributed by atoms with Gasteiger partial charge in [0.2, 0.25) is 5.88 Å². The molecular formula is C18H20N2O3. The van der Waals surface area contributed by atoms with Gasteiger partial charge in [0.15, 0.2) is 0 Å². The van der Waals surface area contributed by atoms with Crippen molar-refractivity contribution in [1.29, 1.82) is 0 Å². The fourth-order valence-corrected chi connectivity index (χ4v) is 2.37. The van der Waals surface area contributed by atoms with Crippen molar-refractivity contribution in [1.82, 2.24) is 4.98 Å². The number of ether oxygens (including phenoxy) is 1. The Balaban J connectivity index is 1.73. The first-order valence-corrected chi connectivity index (χ1v) is 7.80. The summed E-state index contributed by atoms with van der Waals surface area (Å²) in [7, 11) is 0. The Labute approximate surface area is 135 Å². The van der Waals surface area contributed by atoms with Crippen LogP contribution in [0.4, 0.5) is 5.69 Å². The monoisotopic (exact) mass is 312 g/mol. The molecule has 0 radical (unpaired) electrons. The minimum absolute atomic E-state index is 0.0578. The van der Waals surface area contributed by atoms with Crippen LogP contribution < -0.4 is 10.1 Å². The van der Waals surface area contributed by atoms with Gasteiger partial charge in [-0.15, -0.1) is 0 Å². The quantitative estimate of drug-likeness (QED) is 0.890. The van der Waals surface area contributed by atoms with Crippen LogP contribution >= 0.6 is 0 Å². The van der Waals surface area contributed by atoms with E-state index in [2.05, 4.69) is 10.3 Å². The van der Waals surface area contributed by atoms with Gasteiger partial charge in [0.1, 0.15) is 6.10 Å². The van der Waals surface area contributed by atoms with Gasteiger partial charge >= 0.3 is 0 Å². The third-order valence-electron chi connectivity index (χ3n) is 4.07. The summed E-state index contributed by atoms with van der Waals surface area (Å²) in [6.45, 7) is 1.85. The maximum Gasteiger partial charge on any atom is 0.255 e. The van der Waals surface area contributed by atoms with E-state index in [0.29, 0.717) is 17.1 Å². The predicted molar refractivity (Wildman–Crippen MR) is 87.6 cm³/mol. The molecule has 120 valence electrons. The molecule has 2 N–H and O–H groups in total. The average Bonchev–Trinajstić information content (AvgIpc) is 2.53. The van der Waals surface area contributed by atoms with Crippen molar-refractivity contribution in [2.24, 2.45) is 0 Å². The maximum atomic E-state index is 12.4. The van der Waals surface area contributed by atoms with Gasteiger partial charge in [-0.3, -0.25) is 4.79 Å². The molecule has 0 spiro atoms. The van der Waals surface area contributed by atoms with Crippen LogP contribution in [0.2, 0.25) is 0 Å². The van der Waals surface area contributed by atoms with E-state index in [1.807, 2.05) is 19.1 Å². The summed E-state index contributed by atoms with van der Waals surface area (Å²) in [4.78, 5) is 16.6. The lowest BCUT2D eigenvalue weighted by Crippen LogP contribution is -2.25. The standard InChI is InChI=1S/C18H20N2O3/c1-12-5-6-13(11-21)9-16(12)20-18(22)14-7-8-19-17(10-14)23-15-3-2-4-15/h5-10,15,21H,2-4,11H2,1H3,(H,20,22). The molecule has 1 fully saturated rings. The van der Waals surface area contributed by atoms with Gasteiger partial charge in [0.05, 0.1) is 6.61 Å². The number of hydrogen-bond acceptors (Lipinski definition) is 4. The lowest BCUT2D eigenvalue weighted by atomic mass is 9.96. The van der Waals surface area contributed by atoms with Gasteiger partial charge in [0.25, 0.3) is 5.91 Å². The molecule has 2 aromatic rings. The summed E-state index contributed by atoms with van der Waals surface area (Å²) < 4.78 is 5.73. The van der Waals surface area contributed by atoms with Crippen molar-refractivity contribution in [2.75, 3.05) is 5.32 Å². The van der Waals surface area contributed by atoms with Crippen LogP contribution in [0.25, 0.3) is 0 Å². The normalized spacial score (nSPS) is 14.2. The fraction of sp³-hybridized carbons (Fsp3) is 0.333. The van der Waals surface area contributed by atoms with E-state index in [1.165, 1.54) is 6.42 Å². The highest BCUT2D eigenvalue weighted by molar-refractivity contribution is 6.04. The molecule has 3 rings (SSSR count). The van der Waals surface area contributed by atoms with Crippen molar-refractivity contribution in [3.63, 3.8) is 0 Å². The molecule has 0 aliphatic heterocycles. The van der Waals surface area contributed by atoms with Crippen molar-refractivity contribution >= 4 is 11.6 Å². The molecule has 1 aliphatic carbocycles. The van der Waals surface area contributed by atoms with Gasteiger partial charge in [-0.2, -0.15) is 0 Å². The maximum absolute atomic E-state index is 12.4. The zero-order valence-corrected chi connectivity index (χ0v) is 13.1. The summed E-state index contributed by atoms with van der Waals surface area (Å²) in [6, 6.07) is 8.81. The first-order valence-electron chi connectivity index (χ1n) is 7.80. The fourth-order valence-electron chi connectivity index (χ4n) is 2.37. The number of pyridine rings is 1. The highest BCUT2D eigenvalue weighted by atomic mass is 16.5. The summed E-state index contributed by atoms with van der Waals surface area (Å²) in [5.41, 5.74) is 2.90. The lowest BCUT2D eigenvalue weighted by molar-refractivity contribution is 0.101. The Kier molecular flexibility index (Phi) is 4.57. The third kappa shape index (κ3) is 3.68. The van der Waals surface area contributed by atoms with Gasteiger partial charge in [-0.1, -0.05) is 12.1 Å². The molecule has 5 nitrogen and oxygen atoms in total. The molecule has 1 aliphatic rings. The number of benzene rings is 1. The molecule has 1 saturated carbocycles. The molecule has 1 heterocycles. The number of aromatic nitrogens is 1. The van der Waals surface area contributed by atoms with Crippen molar-refractivity contribution in [2.45, 2.75) is 38.9 Å². The molecule has 0 atom stereocenters. The van der Waals surface area contributed by atoms with Gasteiger partial charge < -0.3 is 15.2 Å². The smallest absolute Gasteiger partial charge is 0.255 e. The van der Waals surface area contributed by atoms with Crippen LogP contribution in [0, 0.1) is 6.92 Å². The third-order valence-corrected chi connectivity index (χ3v) is 4.07. The van der Waals surface area contributed by atoms with E-state index in [9.17, 15) is 9.90 Å². The number of anilines is 1. The van der Waals surface area contributed by atoms with Crippen LogP contribution in [-0.2, 0) is 6.61 Å². The Morgan fingerprint density at radius 2 is 2.17 bits per heavy atom. The molecule has 0 unspecified atom stereocenters. The summed E-state index contributed by atoms with van der Waals surface area (Å²) in [5.74, 6) is 0.271. The van der Waals surface area contributed by atoms with E-state index < -0.39 is 0 Å². The Bertz CT molecular complexity index is 711. The second-order valence-corrected chi connectivity index (χ2v) is 5.82. The number of carbonyl (C=O) groups is 1. The first-order chi connectivity index (χ1) is 11.2. The number of aryl methyl sites for hydroxylation is 1. The Morgan fingerprint density at radius 3 is 2.87 bits per heavy atom. The molecule has 1 aromatic carbocycles. The van der Waals surface area contributed by atoms with E-state index in [0.717, 1.165) is 24.0 Å². The number of hydrogen-bond donors (Lipinski definition) is 2. The number of aliphatic hydroxyl groups is 1. The molecule has 0 bridgehead atoms. The van der Waals surface area contributed by atoms with Crippen LogP contribution in [0.5, 0.6) is 5.88 Å². The van der Waals surface area contributed by atoms with Crippen LogP contribution in [0.15, 0.2) is 36.5 Å². The number of carbonyl (C=O) groups excluding carboxylic acids is 1. The molecule has 5 heteroatoms. The van der Waals surface area contributed by atoms with Crippen molar-refractivity contribution in [3.8, 4) is 5.88 Å². The van der Waals surface area contributed by atoms with Crippen LogP contribution in [0.1, 0.15) is 40.7 Å². The zero-order chi connectivity index (χ0) is 16.2. The number of amides is 1. The van der Waals surface area contributed by atoms with E-state index in [4.69, 9.17) is 4.74 Å². The average molecular weight is 312 g/mol. The molecule has 0 saturated heterocycles. The molecule has 1 amide bonds. The lowest BCUT2D eigenvalue weighted by Gasteiger charge is -2.25.